The zero-order valence-corrected chi connectivity index (χ0v) is 15.9. The van der Waals surface area contributed by atoms with Crippen LogP contribution < -0.4 is 0 Å². The third-order valence-corrected chi connectivity index (χ3v) is 9.53. The van der Waals surface area contributed by atoms with E-state index >= 15 is 0 Å². The fourth-order valence-electron chi connectivity index (χ4n) is 8.45. The monoisotopic (exact) mass is 378 g/mol. The van der Waals surface area contributed by atoms with Crippen LogP contribution in [0, 0.1) is 28.6 Å². The van der Waals surface area contributed by atoms with E-state index in [-0.39, 0.29) is 41.2 Å². The highest BCUT2D eigenvalue weighted by Gasteiger charge is 2.79. The Kier molecular flexibility index (Phi) is 3.65. The Hall–Kier alpha value is -0.820. The molecule has 5 aliphatic rings. The summed E-state index contributed by atoms with van der Waals surface area (Å²) in [6, 6.07) is 0. The number of aliphatic hydroxyl groups is 3. The second-order valence-electron chi connectivity index (χ2n) is 10.1. The van der Waals surface area contributed by atoms with Gasteiger partial charge in [0.2, 0.25) is 0 Å². The molecule has 4 aliphatic carbocycles. The lowest BCUT2D eigenvalue weighted by atomic mass is 9.42. The summed E-state index contributed by atoms with van der Waals surface area (Å²) in [6.07, 6.45) is 4.26. The first-order valence-corrected chi connectivity index (χ1v) is 10.5. The van der Waals surface area contributed by atoms with Crippen molar-refractivity contribution in [3.63, 3.8) is 0 Å². The molecule has 0 aromatic heterocycles. The Morgan fingerprint density at radius 2 is 1.93 bits per heavy atom. The lowest BCUT2D eigenvalue weighted by Crippen LogP contribution is -2.67. The van der Waals surface area contributed by atoms with Crippen LogP contribution in [-0.2, 0) is 14.3 Å². The van der Waals surface area contributed by atoms with E-state index in [1.54, 1.807) is 0 Å². The summed E-state index contributed by atoms with van der Waals surface area (Å²) in [5, 5.41) is 32.0. The van der Waals surface area contributed by atoms with Gasteiger partial charge in [0, 0.05) is 24.7 Å². The molecule has 8 atom stereocenters. The number of carbonyl (C=O) groups excluding carboxylic acids is 2. The number of Topliss-reactive ketones (excluding diaryl/α,β-unsaturated/α-hetero) is 2. The maximum Gasteiger partial charge on any atom is 0.164 e. The van der Waals surface area contributed by atoms with Crippen LogP contribution in [0.15, 0.2) is 0 Å². The Morgan fingerprint density at radius 3 is 2.67 bits per heavy atom. The van der Waals surface area contributed by atoms with Crippen molar-refractivity contribution >= 4 is 11.6 Å². The predicted molar refractivity (Wildman–Crippen MR) is 94.4 cm³/mol. The fraction of sp³-hybridized carbons (Fsp3) is 0.905. The zero-order chi connectivity index (χ0) is 19.2. The number of rotatable bonds is 2. The average molecular weight is 378 g/mol. The molecule has 6 heteroatoms. The highest BCUT2D eigenvalue weighted by atomic mass is 16.6. The number of fused-ring (bicyclic) bond motifs is 1. The molecule has 0 aromatic carbocycles. The van der Waals surface area contributed by atoms with E-state index in [9.17, 15) is 24.9 Å². The molecule has 0 radical (unpaired) electrons. The molecule has 2 bridgehead atoms. The first-order valence-electron chi connectivity index (χ1n) is 10.5. The van der Waals surface area contributed by atoms with E-state index in [1.165, 1.54) is 0 Å². The molecule has 1 saturated heterocycles. The van der Waals surface area contributed by atoms with Crippen LogP contribution in [-0.4, -0.2) is 51.0 Å². The van der Waals surface area contributed by atoms with E-state index in [4.69, 9.17) is 4.74 Å². The van der Waals surface area contributed by atoms with Crippen molar-refractivity contribution in [2.75, 3.05) is 6.61 Å². The van der Waals surface area contributed by atoms with E-state index in [0.29, 0.717) is 25.7 Å². The smallest absolute Gasteiger partial charge is 0.164 e. The molecule has 0 unspecified atom stereocenters. The first-order chi connectivity index (χ1) is 12.7. The molecule has 150 valence electrons. The number of ketones is 2. The van der Waals surface area contributed by atoms with Gasteiger partial charge in [-0.25, -0.2) is 0 Å². The Bertz CT molecular complexity index is 707. The minimum absolute atomic E-state index is 0.0212. The summed E-state index contributed by atoms with van der Waals surface area (Å²) >= 11 is 0. The summed E-state index contributed by atoms with van der Waals surface area (Å²) in [6.45, 7) is 1.73. The minimum atomic E-state index is -1.18. The van der Waals surface area contributed by atoms with Gasteiger partial charge in [0.25, 0.3) is 0 Å². The molecule has 27 heavy (non-hydrogen) atoms. The molecule has 6 nitrogen and oxygen atoms in total. The van der Waals surface area contributed by atoms with Crippen LogP contribution in [0.1, 0.15) is 64.7 Å². The molecule has 5 fully saturated rings. The van der Waals surface area contributed by atoms with Crippen molar-refractivity contribution in [3.8, 4) is 0 Å². The van der Waals surface area contributed by atoms with Gasteiger partial charge in [-0.3, -0.25) is 9.59 Å². The van der Waals surface area contributed by atoms with Gasteiger partial charge in [0.05, 0.1) is 16.6 Å². The lowest BCUT2D eigenvalue weighted by Gasteiger charge is -2.62. The quantitative estimate of drug-likeness (QED) is 0.670. The highest BCUT2D eigenvalue weighted by molar-refractivity contribution is 5.83. The first kappa shape index (κ1) is 18.2. The third kappa shape index (κ3) is 1.91. The standard InChI is InChI=1S/C21H30O6/c1-18-6-5-16-20-7-4-12(23)10-19(20,26)8-9-21(16,27-17(20)25)15(18)3-2-13(18)14(24)11-22/h13,15-17,22,25-26H,2-11H2,1H3/t13-,15-,16-,17-,18-,19+,20-,21-/m0/s1. The maximum atomic E-state index is 12.4. The second kappa shape index (κ2) is 5.41. The molecule has 1 spiro atoms. The van der Waals surface area contributed by atoms with Gasteiger partial charge >= 0.3 is 0 Å². The number of ether oxygens (including phenoxy) is 1. The largest absolute Gasteiger partial charge is 0.389 e. The third-order valence-electron chi connectivity index (χ3n) is 9.53. The predicted octanol–water partition coefficient (Wildman–Crippen LogP) is 1.34. The van der Waals surface area contributed by atoms with Gasteiger partial charge in [-0.1, -0.05) is 6.92 Å². The summed E-state index contributed by atoms with van der Waals surface area (Å²) in [7, 11) is 0. The van der Waals surface area contributed by atoms with E-state index in [0.717, 1.165) is 25.7 Å². The van der Waals surface area contributed by atoms with Crippen LogP contribution in [0.5, 0.6) is 0 Å². The van der Waals surface area contributed by atoms with Gasteiger partial charge < -0.3 is 20.1 Å². The van der Waals surface area contributed by atoms with Crippen LogP contribution in [0.2, 0.25) is 0 Å². The van der Waals surface area contributed by atoms with E-state index in [1.807, 2.05) is 0 Å². The van der Waals surface area contributed by atoms with Gasteiger partial charge in [-0.05, 0) is 56.3 Å². The second-order valence-corrected chi connectivity index (χ2v) is 10.1. The van der Waals surface area contributed by atoms with E-state index in [2.05, 4.69) is 6.92 Å². The summed E-state index contributed by atoms with van der Waals surface area (Å²) in [5.74, 6) is -0.00856. The maximum absolute atomic E-state index is 12.4. The molecule has 1 heterocycles. The minimum Gasteiger partial charge on any atom is -0.389 e. The molecule has 4 saturated carbocycles. The number of carbonyl (C=O) groups is 2. The van der Waals surface area contributed by atoms with E-state index < -0.39 is 29.5 Å². The van der Waals surface area contributed by atoms with Gasteiger partial charge in [-0.2, -0.15) is 0 Å². The number of hydrogen-bond acceptors (Lipinski definition) is 6. The summed E-state index contributed by atoms with van der Waals surface area (Å²) in [4.78, 5) is 24.5. The molecular weight excluding hydrogens is 348 g/mol. The zero-order valence-electron chi connectivity index (χ0n) is 15.9. The normalized spacial score (nSPS) is 56.4. The number of aliphatic hydroxyl groups excluding tert-OH is 2. The van der Waals surface area contributed by atoms with Gasteiger partial charge in [-0.15, -0.1) is 0 Å². The van der Waals surface area contributed by atoms with Crippen molar-refractivity contribution in [2.45, 2.75) is 82.2 Å². The molecule has 1 aliphatic heterocycles. The van der Waals surface area contributed by atoms with Gasteiger partial charge in [0.1, 0.15) is 12.4 Å². The summed E-state index contributed by atoms with van der Waals surface area (Å²) in [5.41, 5.74) is -2.70. The van der Waals surface area contributed by atoms with Crippen LogP contribution in [0.3, 0.4) is 0 Å². The van der Waals surface area contributed by atoms with Crippen LogP contribution >= 0.6 is 0 Å². The fourth-order valence-corrected chi connectivity index (χ4v) is 8.45. The van der Waals surface area contributed by atoms with Crippen molar-refractivity contribution < 1.29 is 29.6 Å². The Balaban J connectivity index is 1.58. The Morgan fingerprint density at radius 1 is 1.15 bits per heavy atom. The van der Waals surface area contributed by atoms with Crippen molar-refractivity contribution in [1.29, 1.82) is 0 Å². The number of hydrogen-bond donors (Lipinski definition) is 3. The average Bonchev–Trinajstić information content (AvgIpc) is 3.07. The molecule has 0 amide bonds. The van der Waals surface area contributed by atoms with Crippen LogP contribution in [0.25, 0.3) is 0 Å². The SMILES string of the molecule is C[C@@]12CC[C@@H]3[C@]4(CC[C@@]5(O)CC(=O)CC[C@@]35[C@@H](O)O4)[C@H]1CC[C@H]2C(=O)CO. The van der Waals surface area contributed by atoms with Gasteiger partial charge in [0.15, 0.2) is 12.1 Å². The van der Waals surface area contributed by atoms with Crippen molar-refractivity contribution in [3.05, 3.63) is 0 Å². The van der Waals surface area contributed by atoms with Crippen molar-refractivity contribution in [2.24, 2.45) is 28.6 Å². The van der Waals surface area contributed by atoms with Crippen LogP contribution in [0.4, 0.5) is 0 Å². The molecular formula is C21H30O6. The molecule has 3 N–H and O–H groups in total. The molecule has 0 aromatic rings. The molecule has 5 rings (SSSR count). The van der Waals surface area contributed by atoms with Crippen molar-refractivity contribution in [1.82, 2.24) is 0 Å². The highest BCUT2D eigenvalue weighted by Crippen LogP contribution is 2.75. The topological polar surface area (TPSA) is 104 Å². The Labute approximate surface area is 159 Å². The lowest BCUT2D eigenvalue weighted by molar-refractivity contribution is -0.214. The summed E-state index contributed by atoms with van der Waals surface area (Å²) < 4.78 is 6.39.